The van der Waals surface area contributed by atoms with E-state index in [9.17, 15) is 17.6 Å². The average Bonchev–Trinajstić information content (AvgIpc) is 3.34. The number of hydrogen-bond acceptors (Lipinski definition) is 8. The first-order chi connectivity index (χ1) is 14.4. The van der Waals surface area contributed by atoms with Crippen molar-refractivity contribution in [3.8, 4) is 0 Å². The van der Waals surface area contributed by atoms with E-state index in [2.05, 4.69) is 25.4 Å². The van der Waals surface area contributed by atoms with Gasteiger partial charge in [-0.25, -0.2) is 18.4 Å². The van der Waals surface area contributed by atoms with E-state index >= 15 is 0 Å². The molecule has 30 heavy (non-hydrogen) atoms. The first kappa shape index (κ1) is 20.2. The summed E-state index contributed by atoms with van der Waals surface area (Å²) in [6.45, 7) is -0.0101. The number of sulfone groups is 1. The number of nitrogens with one attached hydrogen (secondary N) is 2. The van der Waals surface area contributed by atoms with E-state index < -0.39 is 20.9 Å². The van der Waals surface area contributed by atoms with Crippen LogP contribution < -0.4 is 5.32 Å². The number of aromatic amines is 1. The number of carbonyl (C=O) groups excluding carboxylic acids is 1. The molecule has 2 heterocycles. The lowest BCUT2D eigenvalue weighted by molar-refractivity contribution is -0.110. The van der Waals surface area contributed by atoms with E-state index in [-0.39, 0.29) is 27.6 Å². The second-order valence-electron chi connectivity index (χ2n) is 6.44. The molecule has 1 aliphatic carbocycles. The zero-order valence-corrected chi connectivity index (χ0v) is 17.0. The summed E-state index contributed by atoms with van der Waals surface area (Å²) in [6.07, 6.45) is 5.47. The Morgan fingerprint density at radius 3 is 2.67 bits per heavy atom. The number of carbonyl (C=O) groups is 1. The lowest BCUT2D eigenvalue weighted by atomic mass is 10.1. The summed E-state index contributed by atoms with van der Waals surface area (Å²) in [5, 5.41) is 5.52. The third kappa shape index (κ3) is 4.54. The highest BCUT2D eigenvalue weighted by Gasteiger charge is 2.36. The van der Waals surface area contributed by atoms with Crippen LogP contribution in [0.1, 0.15) is 24.2 Å². The van der Waals surface area contributed by atoms with Gasteiger partial charge in [-0.05, 0) is 25.0 Å². The molecule has 1 aliphatic rings. The van der Waals surface area contributed by atoms with E-state index in [1.807, 2.05) is 0 Å². The lowest BCUT2D eigenvalue weighted by Gasteiger charge is -2.08. The van der Waals surface area contributed by atoms with Crippen molar-refractivity contribution in [1.82, 2.24) is 15.0 Å². The molecule has 156 valence electrons. The van der Waals surface area contributed by atoms with Crippen LogP contribution >= 0.6 is 11.3 Å². The number of H-pyrrole nitrogens is 1. The molecule has 1 amide bonds. The van der Waals surface area contributed by atoms with E-state index in [0.717, 1.165) is 6.20 Å². The van der Waals surface area contributed by atoms with Crippen LogP contribution in [0.5, 0.6) is 0 Å². The first-order valence-corrected chi connectivity index (χ1v) is 11.2. The summed E-state index contributed by atoms with van der Waals surface area (Å²) in [4.78, 5) is 28.7. The number of anilines is 1. The predicted molar refractivity (Wildman–Crippen MR) is 107 cm³/mol. The van der Waals surface area contributed by atoms with Crippen molar-refractivity contribution in [3.63, 3.8) is 0 Å². The number of rotatable bonds is 8. The molecule has 0 atom stereocenters. The van der Waals surface area contributed by atoms with E-state index in [4.69, 9.17) is 4.84 Å². The second kappa shape index (κ2) is 8.32. The summed E-state index contributed by atoms with van der Waals surface area (Å²) in [5.41, 5.74) is 0.214. The largest absolute Gasteiger partial charge is 0.387 e. The third-order valence-corrected chi connectivity index (χ3v) is 7.22. The summed E-state index contributed by atoms with van der Waals surface area (Å²) in [6, 6.07) is 5.82. The maximum atomic E-state index is 13.2. The predicted octanol–water partition coefficient (Wildman–Crippen LogP) is 2.50. The Morgan fingerprint density at radius 2 is 2.07 bits per heavy atom. The van der Waals surface area contributed by atoms with Crippen LogP contribution in [-0.4, -0.2) is 40.2 Å². The number of benzene rings is 1. The van der Waals surface area contributed by atoms with Gasteiger partial charge in [-0.1, -0.05) is 28.6 Å². The van der Waals surface area contributed by atoms with Crippen LogP contribution in [0.4, 0.5) is 9.52 Å². The zero-order chi connectivity index (χ0) is 21.1. The Labute approximate surface area is 174 Å². The van der Waals surface area contributed by atoms with Crippen molar-refractivity contribution in [2.75, 3.05) is 5.32 Å². The summed E-state index contributed by atoms with van der Waals surface area (Å²) in [7, 11) is -3.35. The Bertz CT molecular complexity index is 1170. The molecule has 1 aromatic carbocycles. The number of imidazole rings is 1. The molecule has 0 saturated heterocycles. The molecule has 1 fully saturated rings. The van der Waals surface area contributed by atoms with Crippen molar-refractivity contribution in [2.45, 2.75) is 29.6 Å². The quantitative estimate of drug-likeness (QED) is 0.402. The average molecular weight is 449 g/mol. The third-order valence-electron chi connectivity index (χ3n) is 4.24. The van der Waals surface area contributed by atoms with Gasteiger partial charge in [0.2, 0.25) is 0 Å². The maximum Gasteiger partial charge on any atom is 0.280 e. The van der Waals surface area contributed by atoms with Crippen LogP contribution in [0.15, 0.2) is 52.9 Å². The standard InChI is InChI=1S/C18H16FN5O4S2/c19-14-9-22-18(29-14)23-17(25)16(24-28-10-15-20-7-8-21-15)11-1-3-12(4-2-11)30(26,27)13-5-6-13/h1-4,7-9,13H,5-6,10H2,(H,20,21)(H,22,23,25)/b24-16+. The molecule has 4 rings (SSSR count). The fourth-order valence-electron chi connectivity index (χ4n) is 2.60. The fourth-order valence-corrected chi connectivity index (χ4v) is 4.80. The van der Waals surface area contributed by atoms with Gasteiger partial charge >= 0.3 is 0 Å². The number of aromatic nitrogens is 3. The SMILES string of the molecule is O=C(Nc1ncc(F)s1)/C(=N/OCc1ncc[nH]1)c1ccc(S(=O)(=O)C2CC2)cc1. The van der Waals surface area contributed by atoms with Gasteiger partial charge in [-0.3, -0.25) is 10.1 Å². The number of oxime groups is 1. The maximum absolute atomic E-state index is 13.2. The molecule has 0 bridgehead atoms. The molecule has 2 N–H and O–H groups in total. The molecule has 0 aliphatic heterocycles. The van der Waals surface area contributed by atoms with Gasteiger partial charge in [0, 0.05) is 18.0 Å². The fraction of sp³-hybridized carbons (Fsp3) is 0.222. The highest BCUT2D eigenvalue weighted by Crippen LogP contribution is 2.33. The summed E-state index contributed by atoms with van der Waals surface area (Å²) < 4.78 is 37.9. The van der Waals surface area contributed by atoms with Gasteiger partial charge in [-0.15, -0.1) is 0 Å². The minimum atomic E-state index is -3.35. The molecule has 0 unspecified atom stereocenters. The Balaban J connectivity index is 1.57. The van der Waals surface area contributed by atoms with E-state index in [1.165, 1.54) is 24.3 Å². The van der Waals surface area contributed by atoms with Crippen molar-refractivity contribution in [3.05, 3.63) is 59.4 Å². The Kier molecular flexibility index (Phi) is 5.59. The number of thiazole rings is 1. The normalized spacial score (nSPS) is 14.5. The molecule has 0 radical (unpaired) electrons. The number of nitrogens with zero attached hydrogens (tertiary/aromatic N) is 3. The van der Waals surface area contributed by atoms with Crippen LogP contribution in [0.2, 0.25) is 0 Å². The smallest absolute Gasteiger partial charge is 0.280 e. The van der Waals surface area contributed by atoms with Gasteiger partial charge < -0.3 is 9.82 Å². The number of hydrogen-bond donors (Lipinski definition) is 2. The van der Waals surface area contributed by atoms with Crippen molar-refractivity contribution in [1.29, 1.82) is 0 Å². The van der Waals surface area contributed by atoms with Crippen LogP contribution in [0.3, 0.4) is 0 Å². The van der Waals surface area contributed by atoms with Gasteiger partial charge in [0.25, 0.3) is 5.91 Å². The highest BCUT2D eigenvalue weighted by molar-refractivity contribution is 7.92. The summed E-state index contributed by atoms with van der Waals surface area (Å²) in [5.74, 6) is -0.173. The monoisotopic (exact) mass is 449 g/mol. The van der Waals surface area contributed by atoms with Crippen LogP contribution in [0.25, 0.3) is 0 Å². The number of halogens is 1. The minimum absolute atomic E-state index is 0.0101. The van der Waals surface area contributed by atoms with Crippen LogP contribution in [0, 0.1) is 5.13 Å². The van der Waals surface area contributed by atoms with Crippen LogP contribution in [-0.2, 0) is 26.1 Å². The molecular weight excluding hydrogens is 433 g/mol. The van der Waals surface area contributed by atoms with Crippen molar-refractivity contribution in [2.24, 2.45) is 5.16 Å². The van der Waals surface area contributed by atoms with E-state index in [1.54, 1.807) is 12.4 Å². The van der Waals surface area contributed by atoms with Gasteiger partial charge in [0.05, 0.1) is 16.3 Å². The zero-order valence-electron chi connectivity index (χ0n) is 15.4. The second-order valence-corrected chi connectivity index (χ2v) is 9.65. The van der Waals surface area contributed by atoms with Gasteiger partial charge in [0.15, 0.2) is 32.4 Å². The van der Waals surface area contributed by atoms with E-state index in [0.29, 0.717) is 35.6 Å². The number of amides is 1. The van der Waals surface area contributed by atoms with Gasteiger partial charge in [-0.2, -0.15) is 4.39 Å². The minimum Gasteiger partial charge on any atom is -0.387 e. The lowest BCUT2D eigenvalue weighted by Crippen LogP contribution is -2.24. The Morgan fingerprint density at radius 1 is 1.30 bits per heavy atom. The highest BCUT2D eigenvalue weighted by atomic mass is 32.2. The molecule has 3 aromatic rings. The first-order valence-electron chi connectivity index (χ1n) is 8.89. The van der Waals surface area contributed by atoms with Crippen molar-refractivity contribution >= 4 is 37.9 Å². The molecule has 9 nitrogen and oxygen atoms in total. The topological polar surface area (TPSA) is 126 Å². The van der Waals surface area contributed by atoms with Crippen molar-refractivity contribution < 1.29 is 22.4 Å². The molecular formula is C18H16FN5O4S2. The molecule has 2 aromatic heterocycles. The molecule has 1 saturated carbocycles. The Hall–Kier alpha value is -3.12. The van der Waals surface area contributed by atoms with Gasteiger partial charge in [0.1, 0.15) is 5.82 Å². The summed E-state index contributed by atoms with van der Waals surface area (Å²) >= 11 is 0.667. The molecule has 12 heteroatoms. The molecule has 0 spiro atoms.